The minimum absolute atomic E-state index is 0.0263. The summed E-state index contributed by atoms with van der Waals surface area (Å²) in [4.78, 5) is 24.7. The summed E-state index contributed by atoms with van der Waals surface area (Å²) in [5.74, 6) is -0.0512. The molecule has 0 spiro atoms. The van der Waals surface area contributed by atoms with Crippen LogP contribution in [0, 0.1) is 0 Å². The van der Waals surface area contributed by atoms with E-state index in [-0.39, 0.29) is 18.6 Å². The number of amides is 2. The van der Waals surface area contributed by atoms with Gasteiger partial charge in [0.05, 0.1) is 0 Å². The molecule has 0 saturated carbocycles. The number of ether oxygens (including phenoxy) is 1. The summed E-state index contributed by atoms with van der Waals surface area (Å²) in [5, 5.41) is 0. The Morgan fingerprint density at radius 2 is 2.00 bits per heavy atom. The molecule has 20 heavy (non-hydrogen) atoms. The Kier molecular flexibility index (Phi) is 4.57. The summed E-state index contributed by atoms with van der Waals surface area (Å²) < 4.78 is 5.15. The molecule has 1 aliphatic rings. The SMILES string of the molecule is NC(=O)COc1ccc(C(=O)N2CCCC(N)C2)cc1. The van der Waals surface area contributed by atoms with Gasteiger partial charge < -0.3 is 21.1 Å². The van der Waals surface area contributed by atoms with Gasteiger partial charge in [-0.3, -0.25) is 9.59 Å². The Hall–Kier alpha value is -2.08. The van der Waals surface area contributed by atoms with Gasteiger partial charge in [0.2, 0.25) is 0 Å². The highest BCUT2D eigenvalue weighted by molar-refractivity contribution is 5.94. The maximum Gasteiger partial charge on any atom is 0.255 e. The van der Waals surface area contributed by atoms with Crippen molar-refractivity contribution < 1.29 is 14.3 Å². The number of rotatable bonds is 4. The van der Waals surface area contributed by atoms with Crippen LogP contribution in [0.3, 0.4) is 0 Å². The first kappa shape index (κ1) is 14.3. The van der Waals surface area contributed by atoms with Crippen LogP contribution in [0.5, 0.6) is 5.75 Å². The lowest BCUT2D eigenvalue weighted by molar-refractivity contribution is -0.119. The number of carbonyl (C=O) groups excluding carboxylic acids is 2. The predicted molar refractivity (Wildman–Crippen MR) is 74.2 cm³/mol. The summed E-state index contributed by atoms with van der Waals surface area (Å²) in [6, 6.07) is 6.73. The maximum atomic E-state index is 12.3. The molecule has 0 aliphatic carbocycles. The summed E-state index contributed by atoms with van der Waals surface area (Å²) in [6.45, 7) is 1.17. The Bertz CT molecular complexity index is 487. The second kappa shape index (κ2) is 6.38. The quantitative estimate of drug-likeness (QED) is 0.816. The van der Waals surface area contributed by atoms with Gasteiger partial charge in [-0.2, -0.15) is 0 Å². The number of nitrogens with zero attached hydrogens (tertiary/aromatic N) is 1. The number of nitrogens with two attached hydrogens (primary N) is 2. The van der Waals surface area contributed by atoms with Crippen molar-refractivity contribution in [2.75, 3.05) is 19.7 Å². The van der Waals surface area contributed by atoms with E-state index in [4.69, 9.17) is 16.2 Å². The van der Waals surface area contributed by atoms with E-state index in [2.05, 4.69) is 0 Å². The molecule has 0 radical (unpaired) electrons. The van der Waals surface area contributed by atoms with Crippen molar-refractivity contribution >= 4 is 11.8 Å². The zero-order valence-corrected chi connectivity index (χ0v) is 11.2. The smallest absolute Gasteiger partial charge is 0.255 e. The van der Waals surface area contributed by atoms with E-state index < -0.39 is 5.91 Å². The van der Waals surface area contributed by atoms with Crippen molar-refractivity contribution in [1.29, 1.82) is 0 Å². The first-order valence-corrected chi connectivity index (χ1v) is 6.62. The molecule has 6 heteroatoms. The average Bonchev–Trinajstić information content (AvgIpc) is 2.45. The van der Waals surface area contributed by atoms with E-state index in [1.165, 1.54) is 0 Å². The second-order valence-electron chi connectivity index (χ2n) is 4.93. The Balaban J connectivity index is 1.98. The third kappa shape index (κ3) is 3.71. The van der Waals surface area contributed by atoms with Gasteiger partial charge in [0.1, 0.15) is 5.75 Å². The van der Waals surface area contributed by atoms with Crippen molar-refractivity contribution in [3.05, 3.63) is 29.8 Å². The molecule has 2 rings (SSSR count). The number of benzene rings is 1. The third-order valence-electron chi connectivity index (χ3n) is 3.23. The first-order valence-electron chi connectivity index (χ1n) is 6.62. The van der Waals surface area contributed by atoms with Crippen molar-refractivity contribution in [3.8, 4) is 5.75 Å². The molecular formula is C14H19N3O3. The van der Waals surface area contributed by atoms with Gasteiger partial charge in [0.15, 0.2) is 6.61 Å². The van der Waals surface area contributed by atoms with Gasteiger partial charge in [0.25, 0.3) is 11.8 Å². The zero-order chi connectivity index (χ0) is 14.5. The van der Waals surface area contributed by atoms with E-state index in [1.54, 1.807) is 29.2 Å². The van der Waals surface area contributed by atoms with Gasteiger partial charge in [-0.25, -0.2) is 0 Å². The van der Waals surface area contributed by atoms with Crippen LogP contribution in [0.1, 0.15) is 23.2 Å². The number of likely N-dealkylation sites (tertiary alicyclic amines) is 1. The second-order valence-corrected chi connectivity index (χ2v) is 4.93. The molecule has 6 nitrogen and oxygen atoms in total. The van der Waals surface area contributed by atoms with Gasteiger partial charge >= 0.3 is 0 Å². The fourth-order valence-electron chi connectivity index (χ4n) is 2.23. The zero-order valence-electron chi connectivity index (χ0n) is 11.2. The van der Waals surface area contributed by atoms with Crippen LogP contribution in [0.15, 0.2) is 24.3 Å². The molecule has 4 N–H and O–H groups in total. The highest BCUT2D eigenvalue weighted by Crippen LogP contribution is 2.16. The number of primary amides is 1. The predicted octanol–water partition coefficient (Wildman–Crippen LogP) is 0.114. The number of hydrogen-bond donors (Lipinski definition) is 2. The lowest BCUT2D eigenvalue weighted by Gasteiger charge is -2.30. The molecule has 1 fully saturated rings. The third-order valence-corrected chi connectivity index (χ3v) is 3.23. The average molecular weight is 277 g/mol. The van der Waals surface area contributed by atoms with Crippen LogP contribution in [0.25, 0.3) is 0 Å². The summed E-state index contributed by atoms with van der Waals surface area (Å²) in [7, 11) is 0. The van der Waals surface area contributed by atoms with E-state index >= 15 is 0 Å². The number of hydrogen-bond acceptors (Lipinski definition) is 4. The lowest BCUT2D eigenvalue weighted by Crippen LogP contribution is -2.45. The van der Waals surface area contributed by atoms with Gasteiger partial charge in [-0.1, -0.05) is 0 Å². The molecule has 1 atom stereocenters. The van der Waals surface area contributed by atoms with Gasteiger partial charge in [-0.05, 0) is 37.1 Å². The fourth-order valence-corrected chi connectivity index (χ4v) is 2.23. The van der Waals surface area contributed by atoms with Crippen LogP contribution < -0.4 is 16.2 Å². The molecule has 108 valence electrons. The molecule has 1 aromatic rings. The van der Waals surface area contributed by atoms with E-state index in [0.717, 1.165) is 19.4 Å². The van der Waals surface area contributed by atoms with Crippen LogP contribution >= 0.6 is 0 Å². The van der Waals surface area contributed by atoms with Crippen LogP contribution in [0.2, 0.25) is 0 Å². The summed E-state index contributed by atoms with van der Waals surface area (Å²) in [5.41, 5.74) is 11.5. The summed E-state index contributed by atoms with van der Waals surface area (Å²) in [6.07, 6.45) is 1.90. The summed E-state index contributed by atoms with van der Waals surface area (Å²) >= 11 is 0. The highest BCUT2D eigenvalue weighted by atomic mass is 16.5. The van der Waals surface area contributed by atoms with E-state index in [9.17, 15) is 9.59 Å². The minimum Gasteiger partial charge on any atom is -0.484 e. The normalized spacial score (nSPS) is 18.6. The van der Waals surface area contributed by atoms with Crippen LogP contribution in [-0.4, -0.2) is 42.5 Å². The molecule has 1 unspecified atom stereocenters. The Morgan fingerprint density at radius 3 is 2.60 bits per heavy atom. The molecule has 0 aromatic heterocycles. The lowest BCUT2D eigenvalue weighted by atomic mass is 10.1. The molecule has 1 aromatic carbocycles. The highest BCUT2D eigenvalue weighted by Gasteiger charge is 2.22. The number of carbonyl (C=O) groups is 2. The van der Waals surface area contributed by atoms with Crippen molar-refractivity contribution in [2.45, 2.75) is 18.9 Å². The van der Waals surface area contributed by atoms with Crippen molar-refractivity contribution in [2.24, 2.45) is 11.5 Å². The van der Waals surface area contributed by atoms with Crippen molar-refractivity contribution in [3.63, 3.8) is 0 Å². The molecule has 1 saturated heterocycles. The van der Waals surface area contributed by atoms with Crippen molar-refractivity contribution in [1.82, 2.24) is 4.90 Å². The maximum absolute atomic E-state index is 12.3. The van der Waals surface area contributed by atoms with Crippen LogP contribution in [0.4, 0.5) is 0 Å². The van der Waals surface area contributed by atoms with Gasteiger partial charge in [-0.15, -0.1) is 0 Å². The molecular weight excluding hydrogens is 258 g/mol. The number of piperidine rings is 1. The van der Waals surface area contributed by atoms with E-state index in [1.807, 2.05) is 0 Å². The largest absolute Gasteiger partial charge is 0.484 e. The van der Waals surface area contributed by atoms with Crippen LogP contribution in [-0.2, 0) is 4.79 Å². The fraction of sp³-hybridized carbons (Fsp3) is 0.429. The molecule has 2 amide bonds. The molecule has 1 heterocycles. The topological polar surface area (TPSA) is 98.7 Å². The molecule has 0 bridgehead atoms. The monoisotopic (exact) mass is 277 g/mol. The standard InChI is InChI=1S/C14H19N3O3/c15-11-2-1-7-17(8-11)14(19)10-3-5-12(6-4-10)20-9-13(16)18/h3-6,11H,1-2,7-9,15H2,(H2,16,18). The van der Waals surface area contributed by atoms with E-state index in [0.29, 0.717) is 17.9 Å². The molecule has 1 aliphatic heterocycles. The Morgan fingerprint density at radius 1 is 1.30 bits per heavy atom. The Labute approximate surface area is 117 Å². The minimum atomic E-state index is -0.535. The first-order chi connectivity index (χ1) is 9.56. The van der Waals surface area contributed by atoms with Gasteiger partial charge in [0, 0.05) is 24.7 Å².